The number of benzene rings is 2. The van der Waals surface area contributed by atoms with Crippen molar-refractivity contribution in [1.82, 2.24) is 10.2 Å². The second-order valence-electron chi connectivity index (χ2n) is 6.70. The molecule has 158 valence electrons. The van der Waals surface area contributed by atoms with Crippen LogP contribution in [0.2, 0.25) is 0 Å². The van der Waals surface area contributed by atoms with Gasteiger partial charge < -0.3 is 14.5 Å². The summed E-state index contributed by atoms with van der Waals surface area (Å²) >= 11 is 0. The first-order valence-corrected chi connectivity index (χ1v) is 11.0. The molecule has 0 radical (unpaired) electrons. The van der Waals surface area contributed by atoms with Gasteiger partial charge in [-0.25, -0.2) is 8.42 Å². The Balaban J connectivity index is 1.59. The van der Waals surface area contributed by atoms with Crippen molar-refractivity contribution in [2.45, 2.75) is 19.8 Å². The fourth-order valence-corrected chi connectivity index (χ4v) is 3.23. The molecule has 9 nitrogen and oxygen atoms in total. The second kappa shape index (κ2) is 8.95. The molecule has 2 N–H and O–H groups in total. The number of amides is 1. The SMILES string of the molecule is COc1cc(NC(=O)CCc2nnc(-c3ccc(C)cc3)o2)ccc1NS(C)(=O)=O. The summed E-state index contributed by atoms with van der Waals surface area (Å²) in [6.07, 6.45) is 1.47. The van der Waals surface area contributed by atoms with E-state index in [1.807, 2.05) is 31.2 Å². The maximum absolute atomic E-state index is 12.3. The molecule has 10 heteroatoms. The molecule has 3 rings (SSSR count). The highest BCUT2D eigenvalue weighted by Gasteiger charge is 2.13. The predicted octanol–water partition coefficient (Wildman–Crippen LogP) is 3.00. The van der Waals surface area contributed by atoms with Crippen LogP contribution in [-0.2, 0) is 21.2 Å². The number of rotatable bonds is 8. The number of carbonyl (C=O) groups excluding carboxylic acids is 1. The fraction of sp³-hybridized carbons (Fsp3) is 0.250. The van der Waals surface area contributed by atoms with Crippen LogP contribution < -0.4 is 14.8 Å². The number of anilines is 2. The molecule has 3 aromatic rings. The summed E-state index contributed by atoms with van der Waals surface area (Å²) in [7, 11) is -2.03. The van der Waals surface area contributed by atoms with Crippen LogP contribution in [0.1, 0.15) is 17.9 Å². The zero-order valence-electron chi connectivity index (χ0n) is 16.8. The van der Waals surface area contributed by atoms with E-state index in [2.05, 4.69) is 20.2 Å². The molecule has 0 unspecified atom stereocenters. The first-order valence-electron chi connectivity index (χ1n) is 9.08. The van der Waals surface area contributed by atoms with Crippen molar-refractivity contribution >= 4 is 27.3 Å². The summed E-state index contributed by atoms with van der Waals surface area (Å²) in [4.78, 5) is 12.3. The standard InChI is InChI=1S/C20H22N4O5S/c1-13-4-6-14(7-5-13)20-23-22-19(29-20)11-10-18(25)21-15-8-9-16(17(12-15)28-2)24-30(3,26)27/h4-9,12,24H,10-11H2,1-3H3,(H,21,25). The Hall–Kier alpha value is -3.40. The monoisotopic (exact) mass is 430 g/mol. The van der Waals surface area contributed by atoms with Crippen molar-refractivity contribution in [3.8, 4) is 17.2 Å². The Morgan fingerprint density at radius 2 is 1.87 bits per heavy atom. The second-order valence-corrected chi connectivity index (χ2v) is 8.45. The minimum Gasteiger partial charge on any atom is -0.494 e. The molecule has 1 heterocycles. The Bertz CT molecular complexity index is 1140. The van der Waals surface area contributed by atoms with Crippen molar-refractivity contribution in [3.63, 3.8) is 0 Å². The lowest BCUT2D eigenvalue weighted by Gasteiger charge is -2.12. The van der Waals surface area contributed by atoms with Crippen LogP contribution in [0.15, 0.2) is 46.9 Å². The minimum atomic E-state index is -3.45. The molecule has 2 aromatic carbocycles. The van der Waals surface area contributed by atoms with E-state index in [-0.39, 0.29) is 30.2 Å². The average Bonchev–Trinajstić information content (AvgIpc) is 3.16. The van der Waals surface area contributed by atoms with E-state index in [0.29, 0.717) is 17.5 Å². The number of aryl methyl sites for hydroxylation is 2. The van der Waals surface area contributed by atoms with Gasteiger partial charge in [0.1, 0.15) is 5.75 Å². The number of sulfonamides is 1. The van der Waals surface area contributed by atoms with Gasteiger partial charge in [0.2, 0.25) is 27.7 Å². The number of aromatic nitrogens is 2. The van der Waals surface area contributed by atoms with Crippen LogP contribution in [-0.4, -0.2) is 37.9 Å². The molecule has 30 heavy (non-hydrogen) atoms. The zero-order chi connectivity index (χ0) is 21.7. The highest BCUT2D eigenvalue weighted by atomic mass is 32.2. The topological polar surface area (TPSA) is 123 Å². The number of hydrogen-bond acceptors (Lipinski definition) is 7. The van der Waals surface area contributed by atoms with Gasteiger partial charge in [0.15, 0.2) is 0 Å². The molecule has 0 saturated carbocycles. The third-order valence-corrected chi connectivity index (χ3v) is 4.70. The zero-order valence-corrected chi connectivity index (χ0v) is 17.6. The summed E-state index contributed by atoms with van der Waals surface area (Å²) < 4.78 is 36.0. The van der Waals surface area contributed by atoms with Gasteiger partial charge >= 0.3 is 0 Å². The highest BCUT2D eigenvalue weighted by molar-refractivity contribution is 7.92. The lowest BCUT2D eigenvalue weighted by Crippen LogP contribution is -2.13. The van der Waals surface area contributed by atoms with E-state index in [0.717, 1.165) is 17.4 Å². The van der Waals surface area contributed by atoms with Gasteiger partial charge in [0.05, 0.1) is 19.1 Å². The van der Waals surface area contributed by atoms with E-state index >= 15 is 0 Å². The summed E-state index contributed by atoms with van der Waals surface area (Å²) in [6.45, 7) is 1.99. The Morgan fingerprint density at radius 1 is 1.13 bits per heavy atom. The van der Waals surface area contributed by atoms with Crippen molar-refractivity contribution in [2.75, 3.05) is 23.4 Å². The normalized spacial score (nSPS) is 11.2. The molecule has 0 saturated heterocycles. The Morgan fingerprint density at radius 3 is 2.53 bits per heavy atom. The third kappa shape index (κ3) is 5.80. The minimum absolute atomic E-state index is 0.140. The summed E-state index contributed by atoms with van der Waals surface area (Å²) in [5, 5.41) is 10.7. The average molecular weight is 430 g/mol. The summed E-state index contributed by atoms with van der Waals surface area (Å²) in [5.74, 6) is 0.809. The largest absolute Gasteiger partial charge is 0.494 e. The lowest BCUT2D eigenvalue weighted by atomic mass is 10.1. The molecular weight excluding hydrogens is 408 g/mol. The molecule has 0 spiro atoms. The lowest BCUT2D eigenvalue weighted by molar-refractivity contribution is -0.116. The molecule has 0 aliphatic heterocycles. The molecule has 1 amide bonds. The van der Waals surface area contributed by atoms with E-state index < -0.39 is 10.0 Å². The molecule has 0 atom stereocenters. The maximum Gasteiger partial charge on any atom is 0.247 e. The molecular formula is C20H22N4O5S. The van der Waals surface area contributed by atoms with Gasteiger partial charge in [0.25, 0.3) is 0 Å². The number of carbonyl (C=O) groups is 1. The van der Waals surface area contributed by atoms with Crippen LogP contribution in [0, 0.1) is 6.92 Å². The quantitative estimate of drug-likeness (QED) is 0.563. The van der Waals surface area contributed by atoms with E-state index in [1.165, 1.54) is 19.2 Å². The van der Waals surface area contributed by atoms with Crippen molar-refractivity contribution in [2.24, 2.45) is 0 Å². The van der Waals surface area contributed by atoms with Gasteiger partial charge in [-0.15, -0.1) is 10.2 Å². The van der Waals surface area contributed by atoms with Crippen LogP contribution >= 0.6 is 0 Å². The van der Waals surface area contributed by atoms with Crippen molar-refractivity contribution < 1.29 is 22.4 Å². The molecule has 0 aliphatic rings. The summed E-state index contributed by atoms with van der Waals surface area (Å²) in [6, 6.07) is 12.3. The van der Waals surface area contributed by atoms with Crippen LogP contribution in [0.5, 0.6) is 5.75 Å². The first-order chi connectivity index (χ1) is 14.2. The highest BCUT2D eigenvalue weighted by Crippen LogP contribution is 2.28. The van der Waals surface area contributed by atoms with Gasteiger partial charge in [-0.05, 0) is 31.2 Å². The van der Waals surface area contributed by atoms with E-state index in [4.69, 9.17) is 9.15 Å². The van der Waals surface area contributed by atoms with Crippen LogP contribution in [0.3, 0.4) is 0 Å². The molecule has 0 fully saturated rings. The van der Waals surface area contributed by atoms with Gasteiger partial charge in [-0.2, -0.15) is 0 Å². The number of ether oxygens (including phenoxy) is 1. The first kappa shape index (κ1) is 21.3. The summed E-state index contributed by atoms with van der Waals surface area (Å²) in [5.41, 5.74) is 2.71. The van der Waals surface area contributed by atoms with Crippen molar-refractivity contribution in [3.05, 3.63) is 53.9 Å². The fourth-order valence-electron chi connectivity index (χ4n) is 2.66. The van der Waals surface area contributed by atoms with Crippen molar-refractivity contribution in [1.29, 1.82) is 0 Å². The van der Waals surface area contributed by atoms with Gasteiger partial charge in [-0.3, -0.25) is 9.52 Å². The number of nitrogens with zero attached hydrogens (tertiary/aromatic N) is 2. The van der Waals surface area contributed by atoms with Crippen LogP contribution in [0.4, 0.5) is 11.4 Å². The molecule has 1 aromatic heterocycles. The van der Waals surface area contributed by atoms with E-state index in [1.54, 1.807) is 6.07 Å². The maximum atomic E-state index is 12.3. The predicted molar refractivity (Wildman–Crippen MR) is 113 cm³/mol. The molecule has 0 aliphatic carbocycles. The number of nitrogens with one attached hydrogen (secondary N) is 2. The number of methoxy groups -OCH3 is 1. The third-order valence-electron chi connectivity index (χ3n) is 4.11. The van der Waals surface area contributed by atoms with E-state index in [9.17, 15) is 13.2 Å². The van der Waals surface area contributed by atoms with Crippen LogP contribution in [0.25, 0.3) is 11.5 Å². The Labute approximate surface area is 174 Å². The number of hydrogen-bond donors (Lipinski definition) is 2. The molecule has 0 bridgehead atoms. The Kier molecular flexibility index (Phi) is 6.36. The van der Waals surface area contributed by atoms with Gasteiger partial charge in [0, 0.05) is 30.2 Å². The smallest absolute Gasteiger partial charge is 0.247 e. The van der Waals surface area contributed by atoms with Gasteiger partial charge in [-0.1, -0.05) is 17.7 Å².